The van der Waals surface area contributed by atoms with Gasteiger partial charge < -0.3 is 19.1 Å². The number of rotatable bonds is 5. The Morgan fingerprint density at radius 3 is 2.92 bits per heavy atom. The Morgan fingerprint density at radius 2 is 2.19 bits per heavy atom. The van der Waals surface area contributed by atoms with E-state index in [1.165, 1.54) is 18.2 Å². The number of fused-ring (bicyclic) bond motifs is 1. The van der Waals surface area contributed by atoms with E-state index in [2.05, 4.69) is 10.1 Å². The molecular weight excluding hydrogens is 334 g/mol. The quantitative estimate of drug-likeness (QED) is 0.762. The van der Waals surface area contributed by atoms with Gasteiger partial charge in [-0.05, 0) is 31.0 Å². The Morgan fingerprint density at radius 1 is 1.38 bits per heavy atom. The molecule has 0 unspecified atom stereocenters. The third kappa shape index (κ3) is 2.96. The third-order valence-corrected chi connectivity index (χ3v) is 4.62. The Kier molecular flexibility index (Phi) is 3.99. The molecule has 1 aromatic carbocycles. The highest BCUT2D eigenvalue weighted by Gasteiger charge is 2.28. The average molecular weight is 353 g/mol. The molecule has 2 aromatic heterocycles. The first-order valence-corrected chi connectivity index (χ1v) is 8.47. The predicted molar refractivity (Wildman–Crippen MR) is 95.4 cm³/mol. The molecule has 134 valence electrons. The van der Waals surface area contributed by atoms with Gasteiger partial charge in [0.05, 0.1) is 13.7 Å². The van der Waals surface area contributed by atoms with Crippen molar-refractivity contribution in [2.45, 2.75) is 25.3 Å². The van der Waals surface area contributed by atoms with E-state index in [1.54, 1.807) is 25.2 Å². The maximum atomic E-state index is 12.7. The topological polar surface area (TPSA) is 88.4 Å². The normalized spacial score (nSPS) is 13.8. The largest absolute Gasteiger partial charge is 0.497 e. The van der Waals surface area contributed by atoms with Gasteiger partial charge in [0.15, 0.2) is 0 Å². The molecule has 0 bridgehead atoms. The van der Waals surface area contributed by atoms with E-state index in [0.29, 0.717) is 28.3 Å². The summed E-state index contributed by atoms with van der Waals surface area (Å²) in [5, 5.41) is 4.43. The Labute approximate surface area is 149 Å². The molecular formula is C19H19N3O4. The number of ether oxygens (including phenoxy) is 1. The average Bonchev–Trinajstić information content (AvgIpc) is 3.41. The van der Waals surface area contributed by atoms with E-state index in [1.807, 2.05) is 6.07 Å². The summed E-state index contributed by atoms with van der Waals surface area (Å²) in [4.78, 5) is 29.9. The van der Waals surface area contributed by atoms with Crippen molar-refractivity contribution in [3.05, 3.63) is 57.7 Å². The fraction of sp³-hybridized carbons (Fsp3) is 0.316. The van der Waals surface area contributed by atoms with Gasteiger partial charge >= 0.3 is 0 Å². The monoisotopic (exact) mass is 353 g/mol. The molecule has 1 aliphatic rings. The van der Waals surface area contributed by atoms with Crippen molar-refractivity contribution in [1.29, 1.82) is 0 Å². The number of carbonyl (C=O) groups excluding carboxylic acids is 1. The standard InChI is InChI=1S/C19H19N3O4/c1-22(10-12-7-17(26-21-12)11-3-4-11)19(24)15-9-20-16-6-5-13(25-2)8-14(16)18(15)23/h5-9,11H,3-4,10H2,1-2H3,(H,20,23). The van der Waals surface area contributed by atoms with Gasteiger partial charge in [0.2, 0.25) is 5.43 Å². The van der Waals surface area contributed by atoms with Crippen LogP contribution in [0.15, 0.2) is 39.8 Å². The highest BCUT2D eigenvalue weighted by atomic mass is 16.5. The van der Waals surface area contributed by atoms with Gasteiger partial charge in [-0.15, -0.1) is 0 Å². The molecule has 1 aliphatic carbocycles. The SMILES string of the molecule is COc1ccc2[nH]cc(C(=O)N(C)Cc3cc(C4CC4)on3)c(=O)c2c1. The Hall–Kier alpha value is -3.09. The zero-order chi connectivity index (χ0) is 18.3. The summed E-state index contributed by atoms with van der Waals surface area (Å²) < 4.78 is 10.5. The molecule has 0 saturated heterocycles. The van der Waals surface area contributed by atoms with Crippen LogP contribution in [0.5, 0.6) is 5.75 Å². The van der Waals surface area contributed by atoms with Crippen LogP contribution < -0.4 is 10.2 Å². The van der Waals surface area contributed by atoms with Crippen molar-refractivity contribution in [1.82, 2.24) is 15.0 Å². The van der Waals surface area contributed by atoms with Crippen molar-refractivity contribution >= 4 is 16.8 Å². The number of methoxy groups -OCH3 is 1. The summed E-state index contributed by atoms with van der Waals surface area (Å²) in [6, 6.07) is 7.03. The minimum absolute atomic E-state index is 0.0826. The highest BCUT2D eigenvalue weighted by Crippen LogP contribution is 2.40. The van der Waals surface area contributed by atoms with Crippen molar-refractivity contribution in [3.63, 3.8) is 0 Å². The maximum absolute atomic E-state index is 12.7. The van der Waals surface area contributed by atoms with Crippen LogP contribution in [0.3, 0.4) is 0 Å². The molecule has 2 heterocycles. The van der Waals surface area contributed by atoms with Gasteiger partial charge in [0.25, 0.3) is 5.91 Å². The lowest BCUT2D eigenvalue weighted by molar-refractivity contribution is 0.0780. The molecule has 0 aliphatic heterocycles. The molecule has 1 amide bonds. The van der Waals surface area contributed by atoms with Crippen LogP contribution in [-0.2, 0) is 6.54 Å². The van der Waals surface area contributed by atoms with E-state index >= 15 is 0 Å². The molecule has 0 atom stereocenters. The highest BCUT2D eigenvalue weighted by molar-refractivity contribution is 5.97. The number of nitrogens with zero attached hydrogens (tertiary/aromatic N) is 2. The second-order valence-corrected chi connectivity index (χ2v) is 6.60. The van der Waals surface area contributed by atoms with Gasteiger partial charge in [0, 0.05) is 36.1 Å². The van der Waals surface area contributed by atoms with Crippen LogP contribution in [0.4, 0.5) is 0 Å². The number of hydrogen-bond acceptors (Lipinski definition) is 5. The first kappa shape index (κ1) is 16.4. The Bertz CT molecular complexity index is 1030. The van der Waals surface area contributed by atoms with Crippen LogP contribution >= 0.6 is 0 Å². The van der Waals surface area contributed by atoms with Crippen LogP contribution in [0.25, 0.3) is 10.9 Å². The second-order valence-electron chi connectivity index (χ2n) is 6.60. The summed E-state index contributed by atoms with van der Waals surface area (Å²) in [6.07, 6.45) is 3.70. The van der Waals surface area contributed by atoms with Gasteiger partial charge in [-0.1, -0.05) is 5.16 Å². The number of pyridine rings is 1. The van der Waals surface area contributed by atoms with Crippen LogP contribution in [0, 0.1) is 0 Å². The van der Waals surface area contributed by atoms with Gasteiger partial charge in [0.1, 0.15) is 22.8 Å². The van der Waals surface area contributed by atoms with E-state index in [0.717, 1.165) is 18.6 Å². The van der Waals surface area contributed by atoms with E-state index < -0.39 is 0 Å². The minimum atomic E-state index is -0.369. The summed E-state index contributed by atoms with van der Waals surface area (Å²) in [5.74, 6) is 1.54. The summed E-state index contributed by atoms with van der Waals surface area (Å²) in [5.41, 5.74) is 1.09. The van der Waals surface area contributed by atoms with Gasteiger partial charge in [-0.3, -0.25) is 9.59 Å². The number of aromatic amines is 1. The third-order valence-electron chi connectivity index (χ3n) is 4.62. The van der Waals surface area contributed by atoms with E-state index in [4.69, 9.17) is 9.26 Å². The van der Waals surface area contributed by atoms with Gasteiger partial charge in [-0.2, -0.15) is 0 Å². The molecule has 3 aromatic rings. The van der Waals surface area contributed by atoms with Gasteiger partial charge in [-0.25, -0.2) is 0 Å². The fourth-order valence-corrected chi connectivity index (χ4v) is 2.97. The fourth-order valence-electron chi connectivity index (χ4n) is 2.97. The molecule has 0 spiro atoms. The van der Waals surface area contributed by atoms with Crippen LogP contribution in [-0.4, -0.2) is 35.1 Å². The van der Waals surface area contributed by atoms with Crippen molar-refractivity contribution in [2.75, 3.05) is 14.2 Å². The first-order valence-electron chi connectivity index (χ1n) is 8.47. The molecule has 0 radical (unpaired) electrons. The number of hydrogen-bond donors (Lipinski definition) is 1. The zero-order valence-electron chi connectivity index (χ0n) is 14.6. The van der Waals surface area contributed by atoms with Crippen LogP contribution in [0.2, 0.25) is 0 Å². The second kappa shape index (κ2) is 6.33. The number of nitrogens with one attached hydrogen (secondary N) is 1. The minimum Gasteiger partial charge on any atom is -0.497 e. The lowest BCUT2D eigenvalue weighted by atomic mass is 10.1. The van der Waals surface area contributed by atoms with Crippen molar-refractivity contribution in [3.8, 4) is 5.75 Å². The maximum Gasteiger partial charge on any atom is 0.259 e. The van der Waals surface area contributed by atoms with Crippen molar-refractivity contribution in [2.24, 2.45) is 0 Å². The molecule has 7 heteroatoms. The number of amides is 1. The first-order chi connectivity index (χ1) is 12.6. The summed E-state index contributed by atoms with van der Waals surface area (Å²) in [7, 11) is 3.18. The molecule has 4 rings (SSSR count). The number of benzene rings is 1. The molecule has 7 nitrogen and oxygen atoms in total. The van der Waals surface area contributed by atoms with E-state index in [9.17, 15) is 9.59 Å². The zero-order valence-corrected chi connectivity index (χ0v) is 14.6. The number of aromatic nitrogens is 2. The number of carbonyl (C=O) groups is 1. The van der Waals surface area contributed by atoms with E-state index in [-0.39, 0.29) is 23.4 Å². The van der Waals surface area contributed by atoms with Crippen molar-refractivity contribution < 1.29 is 14.1 Å². The van der Waals surface area contributed by atoms with Crippen LogP contribution in [0.1, 0.15) is 40.6 Å². The summed E-state index contributed by atoms with van der Waals surface area (Å²) in [6.45, 7) is 0.282. The molecule has 1 fully saturated rings. The predicted octanol–water partition coefficient (Wildman–Crippen LogP) is 2.67. The molecule has 1 N–H and O–H groups in total. The Balaban J connectivity index is 1.59. The lowest BCUT2D eigenvalue weighted by Crippen LogP contribution is -2.30. The number of H-pyrrole nitrogens is 1. The molecule has 1 saturated carbocycles. The lowest BCUT2D eigenvalue weighted by Gasteiger charge is -2.15. The smallest absolute Gasteiger partial charge is 0.259 e. The molecule has 26 heavy (non-hydrogen) atoms. The summed E-state index contributed by atoms with van der Waals surface area (Å²) >= 11 is 0.